The second-order valence-corrected chi connectivity index (χ2v) is 11.9. The Bertz CT molecular complexity index is 1480. The minimum atomic E-state index is -0.534. The van der Waals surface area contributed by atoms with Crippen LogP contribution in [0.4, 0.5) is 10.7 Å². The van der Waals surface area contributed by atoms with Crippen LogP contribution in [0.1, 0.15) is 51.9 Å². The summed E-state index contributed by atoms with van der Waals surface area (Å²) in [7, 11) is 2.97. The van der Waals surface area contributed by atoms with Crippen molar-refractivity contribution in [1.82, 2.24) is 4.90 Å². The molecule has 1 aromatic heterocycles. The van der Waals surface area contributed by atoms with Gasteiger partial charge in [0.25, 0.3) is 5.91 Å². The number of nitrogens with one attached hydrogen (secondary N) is 2. The Hall–Kier alpha value is -4.03. The zero-order valence-electron chi connectivity index (χ0n) is 24.1. The first-order valence-corrected chi connectivity index (χ1v) is 15.0. The summed E-state index contributed by atoms with van der Waals surface area (Å²) in [4.78, 5) is 54.5. The molecule has 12 heteroatoms. The molecular weight excluding hydrogens is 578 g/mol. The van der Waals surface area contributed by atoms with E-state index in [0.29, 0.717) is 47.3 Å². The maximum atomic E-state index is 13.3. The number of thiophene rings is 1. The highest BCUT2D eigenvalue weighted by atomic mass is 32.2. The van der Waals surface area contributed by atoms with Crippen LogP contribution in [0.5, 0.6) is 11.5 Å². The van der Waals surface area contributed by atoms with Gasteiger partial charge in [-0.2, -0.15) is 0 Å². The van der Waals surface area contributed by atoms with Gasteiger partial charge in [-0.15, -0.1) is 23.1 Å². The molecule has 0 radical (unpaired) electrons. The largest absolute Gasteiger partial charge is 0.496 e. The maximum Gasteiger partial charge on any atom is 0.341 e. The van der Waals surface area contributed by atoms with Gasteiger partial charge in [0, 0.05) is 28.9 Å². The van der Waals surface area contributed by atoms with Gasteiger partial charge in [0.05, 0.1) is 38.2 Å². The number of ether oxygens (including phenoxy) is 3. The van der Waals surface area contributed by atoms with E-state index < -0.39 is 17.1 Å². The molecule has 0 spiro atoms. The summed E-state index contributed by atoms with van der Waals surface area (Å²) in [6, 6.07) is 12.3. The quantitative estimate of drug-likeness (QED) is 0.236. The van der Waals surface area contributed by atoms with Crippen LogP contribution in [0.15, 0.2) is 47.4 Å². The molecule has 10 nitrogen and oxygen atoms in total. The van der Waals surface area contributed by atoms with Crippen molar-refractivity contribution in [1.29, 1.82) is 0 Å². The summed E-state index contributed by atoms with van der Waals surface area (Å²) in [5.41, 5.74) is 2.00. The topological polar surface area (TPSA) is 123 Å². The Kier molecular flexibility index (Phi) is 10.1. The average Bonchev–Trinajstić information content (AvgIpc) is 3.33. The van der Waals surface area contributed by atoms with Gasteiger partial charge in [-0.05, 0) is 56.2 Å². The van der Waals surface area contributed by atoms with Crippen molar-refractivity contribution >= 4 is 57.5 Å². The number of fused-ring (bicyclic) bond motifs is 1. The van der Waals surface area contributed by atoms with Crippen LogP contribution in [-0.2, 0) is 27.3 Å². The first-order valence-electron chi connectivity index (χ1n) is 13.3. The molecule has 42 heavy (non-hydrogen) atoms. The zero-order chi connectivity index (χ0) is 30.4. The van der Waals surface area contributed by atoms with Crippen LogP contribution in [0.2, 0.25) is 0 Å². The Labute approximate surface area is 252 Å². The molecule has 0 saturated carbocycles. The van der Waals surface area contributed by atoms with E-state index in [9.17, 15) is 19.2 Å². The van der Waals surface area contributed by atoms with Crippen molar-refractivity contribution < 1.29 is 33.4 Å². The number of hydrogen-bond acceptors (Lipinski definition) is 9. The van der Waals surface area contributed by atoms with E-state index in [2.05, 4.69) is 10.6 Å². The normalized spacial score (nSPS) is 13.0. The predicted molar refractivity (Wildman–Crippen MR) is 163 cm³/mol. The Balaban J connectivity index is 1.48. The van der Waals surface area contributed by atoms with Gasteiger partial charge in [-0.3, -0.25) is 14.4 Å². The molecule has 1 aliphatic rings. The summed E-state index contributed by atoms with van der Waals surface area (Å²) in [5, 5.41) is 5.68. The molecule has 222 valence electrons. The van der Waals surface area contributed by atoms with Crippen LogP contribution in [0, 0.1) is 0 Å². The lowest BCUT2D eigenvalue weighted by Crippen LogP contribution is -2.34. The number of rotatable bonds is 10. The summed E-state index contributed by atoms with van der Waals surface area (Å²) >= 11 is 2.61. The molecule has 0 fully saturated rings. The Morgan fingerprint density at radius 2 is 1.71 bits per heavy atom. The van der Waals surface area contributed by atoms with Gasteiger partial charge in [-0.1, -0.05) is 12.1 Å². The van der Waals surface area contributed by atoms with E-state index in [0.717, 1.165) is 15.3 Å². The number of benzene rings is 2. The van der Waals surface area contributed by atoms with Crippen LogP contribution in [0.25, 0.3) is 0 Å². The van der Waals surface area contributed by atoms with E-state index in [1.165, 1.54) is 44.2 Å². The van der Waals surface area contributed by atoms with Crippen LogP contribution >= 0.6 is 23.1 Å². The highest BCUT2D eigenvalue weighted by molar-refractivity contribution is 8.00. The third kappa shape index (κ3) is 6.88. The number of carbonyl (C=O) groups excluding carboxylic acids is 4. The minimum absolute atomic E-state index is 0.0391. The molecule has 2 aromatic carbocycles. The molecule has 2 N–H and O–H groups in total. The molecule has 1 aliphatic heterocycles. The summed E-state index contributed by atoms with van der Waals surface area (Å²) in [5.74, 6) is -0.447. The number of anilines is 2. The van der Waals surface area contributed by atoms with Crippen molar-refractivity contribution in [2.45, 2.75) is 43.9 Å². The van der Waals surface area contributed by atoms with Gasteiger partial charge in [0.2, 0.25) is 11.8 Å². The fraction of sp³-hybridized carbons (Fsp3) is 0.333. The first-order chi connectivity index (χ1) is 20.2. The predicted octanol–water partition coefficient (Wildman–Crippen LogP) is 5.22. The molecular formula is C30H33N3O7S2. The highest BCUT2D eigenvalue weighted by Crippen LogP contribution is 2.38. The van der Waals surface area contributed by atoms with E-state index in [1.807, 2.05) is 6.07 Å². The fourth-order valence-electron chi connectivity index (χ4n) is 4.57. The van der Waals surface area contributed by atoms with Crippen molar-refractivity contribution in [3.8, 4) is 11.5 Å². The Morgan fingerprint density at radius 1 is 1.02 bits per heavy atom. The number of esters is 1. The molecule has 0 aliphatic carbocycles. The number of amides is 3. The second-order valence-electron chi connectivity index (χ2n) is 9.39. The number of thioether (sulfide) groups is 1. The van der Waals surface area contributed by atoms with E-state index in [1.54, 1.807) is 55.1 Å². The molecule has 3 aromatic rings. The molecule has 1 unspecified atom stereocenters. The number of hydrogen-bond donors (Lipinski definition) is 2. The van der Waals surface area contributed by atoms with Gasteiger partial charge in [-0.25, -0.2) is 4.79 Å². The molecule has 4 rings (SSSR count). The smallest absolute Gasteiger partial charge is 0.341 e. The number of methoxy groups -OCH3 is 2. The second kappa shape index (κ2) is 13.8. The van der Waals surface area contributed by atoms with Gasteiger partial charge in [0.1, 0.15) is 22.1 Å². The molecule has 1 atom stereocenters. The molecule has 0 saturated heterocycles. The summed E-state index contributed by atoms with van der Waals surface area (Å²) < 4.78 is 16.0. The van der Waals surface area contributed by atoms with Gasteiger partial charge < -0.3 is 29.7 Å². The van der Waals surface area contributed by atoms with Crippen molar-refractivity contribution in [2.75, 3.05) is 38.0 Å². The monoisotopic (exact) mass is 611 g/mol. The standard InChI is InChI=1S/C30H33N3O7S2/c1-6-40-30(37)25-21-13-14-33(18(3)34)16-24(21)42-29(25)32-27(35)17(2)41-20-10-7-9-19(15-20)31-28(36)26-22(38-4)11-8-12-23(26)39-5/h7-12,15,17H,6,13-14,16H2,1-5H3,(H,31,36)(H,32,35). The fourth-order valence-corrected chi connectivity index (χ4v) is 6.75. The van der Waals surface area contributed by atoms with E-state index >= 15 is 0 Å². The van der Waals surface area contributed by atoms with E-state index in [4.69, 9.17) is 14.2 Å². The highest BCUT2D eigenvalue weighted by Gasteiger charge is 2.31. The summed E-state index contributed by atoms with van der Waals surface area (Å²) in [6.45, 7) is 6.11. The van der Waals surface area contributed by atoms with Crippen molar-refractivity contribution in [3.63, 3.8) is 0 Å². The van der Waals surface area contributed by atoms with Gasteiger partial charge in [0.15, 0.2) is 0 Å². The van der Waals surface area contributed by atoms with Crippen molar-refractivity contribution in [3.05, 3.63) is 64.0 Å². The molecule has 0 bridgehead atoms. The Morgan fingerprint density at radius 3 is 2.36 bits per heavy atom. The molecule has 3 amide bonds. The third-order valence-electron chi connectivity index (χ3n) is 6.65. The van der Waals surface area contributed by atoms with Crippen LogP contribution in [0.3, 0.4) is 0 Å². The van der Waals surface area contributed by atoms with E-state index in [-0.39, 0.29) is 24.0 Å². The first kappa shape index (κ1) is 30.9. The number of carbonyl (C=O) groups is 4. The van der Waals surface area contributed by atoms with Crippen LogP contribution < -0.4 is 20.1 Å². The third-order valence-corrected chi connectivity index (χ3v) is 8.87. The summed E-state index contributed by atoms with van der Waals surface area (Å²) in [6.07, 6.45) is 0.513. The number of nitrogens with zero attached hydrogens (tertiary/aromatic N) is 1. The van der Waals surface area contributed by atoms with Crippen LogP contribution in [-0.4, -0.2) is 61.2 Å². The van der Waals surface area contributed by atoms with Crippen molar-refractivity contribution in [2.24, 2.45) is 0 Å². The lowest BCUT2D eigenvalue weighted by atomic mass is 10.0. The molecule has 2 heterocycles. The lowest BCUT2D eigenvalue weighted by Gasteiger charge is -2.25. The SMILES string of the molecule is CCOC(=O)c1c(NC(=O)C(C)Sc2cccc(NC(=O)c3c(OC)cccc3OC)c2)sc2c1CCN(C(C)=O)C2. The van der Waals surface area contributed by atoms with Gasteiger partial charge >= 0.3 is 5.97 Å². The zero-order valence-corrected chi connectivity index (χ0v) is 25.7. The average molecular weight is 612 g/mol. The maximum absolute atomic E-state index is 13.3. The lowest BCUT2D eigenvalue weighted by molar-refractivity contribution is -0.129. The minimum Gasteiger partial charge on any atom is -0.496 e.